The number of carbonyl (C=O) groups is 2. The molecule has 0 unspecified atom stereocenters. The van der Waals surface area contributed by atoms with Gasteiger partial charge in [-0.1, -0.05) is 0 Å². The van der Waals surface area contributed by atoms with E-state index in [-0.39, 0.29) is 0 Å². The first-order chi connectivity index (χ1) is 9.08. The maximum atomic E-state index is 11.7. The molecule has 1 aromatic carbocycles. The summed E-state index contributed by atoms with van der Waals surface area (Å²) in [6.45, 7) is 0. The fourth-order valence-electron chi connectivity index (χ4n) is 2.31. The molecular weight excluding hydrogens is 250 g/mol. The quantitative estimate of drug-likeness (QED) is 0.823. The van der Waals surface area contributed by atoms with Crippen LogP contribution < -0.4 is 9.64 Å². The first-order valence-corrected chi connectivity index (χ1v) is 5.85. The molecule has 0 aromatic heterocycles. The molecule has 0 bridgehead atoms. The molecular formula is C13H15NO5. The molecule has 0 aliphatic carbocycles. The highest BCUT2D eigenvalue weighted by molar-refractivity contribution is 5.96. The van der Waals surface area contributed by atoms with Crippen LogP contribution >= 0.6 is 0 Å². The molecule has 102 valence electrons. The molecule has 0 fully saturated rings. The predicted octanol–water partition coefficient (Wildman–Crippen LogP) is 1.67. The van der Waals surface area contributed by atoms with Gasteiger partial charge in [0.05, 0.1) is 19.9 Å². The maximum absolute atomic E-state index is 11.7. The van der Waals surface area contributed by atoms with Crippen molar-refractivity contribution in [3.8, 4) is 5.75 Å². The number of nitrogens with zero attached hydrogens (tertiary/aromatic N) is 1. The van der Waals surface area contributed by atoms with Gasteiger partial charge in [-0.2, -0.15) is 0 Å². The number of esters is 1. The summed E-state index contributed by atoms with van der Waals surface area (Å²) in [7, 11) is 2.81. The zero-order chi connectivity index (χ0) is 14.0. The van der Waals surface area contributed by atoms with Crippen molar-refractivity contribution in [1.82, 2.24) is 0 Å². The van der Waals surface area contributed by atoms with Crippen molar-refractivity contribution in [1.29, 1.82) is 0 Å². The number of benzene rings is 1. The number of fused-ring (bicyclic) bond motifs is 1. The molecule has 1 amide bonds. The molecule has 1 N–H and O–H groups in total. The lowest BCUT2D eigenvalue weighted by molar-refractivity contribution is -0.142. The van der Waals surface area contributed by atoms with E-state index in [0.29, 0.717) is 24.3 Å². The molecule has 0 saturated carbocycles. The number of aryl methyl sites for hydroxylation is 1. The van der Waals surface area contributed by atoms with Gasteiger partial charge in [0.15, 0.2) is 0 Å². The molecule has 6 heteroatoms. The average molecular weight is 265 g/mol. The Morgan fingerprint density at radius 3 is 2.68 bits per heavy atom. The summed E-state index contributed by atoms with van der Waals surface area (Å²) in [4.78, 5) is 24.1. The van der Waals surface area contributed by atoms with Crippen LogP contribution in [0.25, 0.3) is 0 Å². The van der Waals surface area contributed by atoms with Crippen LogP contribution in [0.2, 0.25) is 0 Å². The van der Waals surface area contributed by atoms with Crippen LogP contribution in [0.15, 0.2) is 18.2 Å². The minimum Gasteiger partial charge on any atom is -0.497 e. The van der Waals surface area contributed by atoms with E-state index in [0.717, 1.165) is 10.5 Å². The number of ether oxygens (including phenoxy) is 2. The van der Waals surface area contributed by atoms with Crippen molar-refractivity contribution < 1.29 is 24.2 Å². The van der Waals surface area contributed by atoms with Gasteiger partial charge in [-0.15, -0.1) is 0 Å². The van der Waals surface area contributed by atoms with Gasteiger partial charge in [0.1, 0.15) is 11.8 Å². The number of carboxylic acid groups (broad SMARTS) is 1. The summed E-state index contributed by atoms with van der Waals surface area (Å²) in [5, 5.41) is 9.31. The second-order valence-electron chi connectivity index (χ2n) is 4.22. The smallest absolute Gasteiger partial charge is 0.412 e. The fourth-order valence-corrected chi connectivity index (χ4v) is 2.31. The van der Waals surface area contributed by atoms with Crippen molar-refractivity contribution in [3.05, 3.63) is 23.8 Å². The van der Waals surface area contributed by atoms with E-state index in [1.165, 1.54) is 7.11 Å². The number of hydrogen-bond donors (Lipinski definition) is 1. The first kappa shape index (κ1) is 13.2. The molecule has 1 atom stereocenters. The molecule has 2 rings (SSSR count). The Balaban J connectivity index is 2.43. The summed E-state index contributed by atoms with van der Waals surface area (Å²) >= 11 is 0. The largest absolute Gasteiger partial charge is 0.497 e. The Labute approximate surface area is 110 Å². The lowest BCUT2D eigenvalue weighted by atomic mass is 9.96. The molecule has 19 heavy (non-hydrogen) atoms. The summed E-state index contributed by atoms with van der Waals surface area (Å²) in [5.41, 5.74) is 1.36. The van der Waals surface area contributed by atoms with Gasteiger partial charge in [0.25, 0.3) is 0 Å². The summed E-state index contributed by atoms with van der Waals surface area (Å²) < 4.78 is 9.78. The van der Waals surface area contributed by atoms with Gasteiger partial charge in [-0.05, 0) is 36.6 Å². The van der Waals surface area contributed by atoms with E-state index in [2.05, 4.69) is 4.74 Å². The number of rotatable bonds is 2. The molecule has 1 aliphatic heterocycles. The Hall–Kier alpha value is -2.24. The number of amides is 1. The van der Waals surface area contributed by atoms with Gasteiger partial charge in [-0.3, -0.25) is 4.90 Å². The molecule has 6 nitrogen and oxygen atoms in total. The number of anilines is 1. The van der Waals surface area contributed by atoms with E-state index in [1.807, 2.05) is 0 Å². The zero-order valence-corrected chi connectivity index (χ0v) is 10.8. The summed E-state index contributed by atoms with van der Waals surface area (Å²) in [6.07, 6.45) is -0.156. The van der Waals surface area contributed by atoms with Crippen molar-refractivity contribution >= 4 is 17.7 Å². The second kappa shape index (κ2) is 5.17. The highest BCUT2D eigenvalue weighted by Crippen LogP contribution is 2.33. The van der Waals surface area contributed by atoms with Crippen LogP contribution in [0.4, 0.5) is 10.5 Å². The molecule has 1 aliphatic rings. The monoisotopic (exact) mass is 265 g/mol. The Bertz CT molecular complexity index is 514. The third-order valence-electron chi connectivity index (χ3n) is 3.22. The fraction of sp³-hybridized carbons (Fsp3) is 0.385. The van der Waals surface area contributed by atoms with E-state index in [4.69, 9.17) is 4.74 Å². The Morgan fingerprint density at radius 2 is 2.11 bits per heavy atom. The normalized spacial score (nSPS) is 17.6. The minimum atomic E-state index is -1.17. The van der Waals surface area contributed by atoms with E-state index in [9.17, 15) is 14.7 Å². The molecule has 1 aromatic rings. The van der Waals surface area contributed by atoms with Crippen LogP contribution in [-0.4, -0.2) is 37.4 Å². The highest BCUT2D eigenvalue weighted by atomic mass is 16.5. The van der Waals surface area contributed by atoms with Gasteiger partial charge in [-0.25, -0.2) is 9.59 Å². The van der Waals surface area contributed by atoms with Gasteiger partial charge in [0, 0.05) is 0 Å². The van der Waals surface area contributed by atoms with Gasteiger partial charge >= 0.3 is 12.1 Å². The Kier molecular flexibility index (Phi) is 3.59. The SMILES string of the molecule is COC(=O)[C@@H]1CCc2cc(OC)ccc2N1C(=O)O. The standard InChI is InChI=1S/C13H15NO5/c1-18-9-4-6-10-8(7-9)3-5-11(12(15)19-2)14(10)13(16)17/h4,6-7,11H,3,5H2,1-2H3,(H,16,17)/t11-/m0/s1. The van der Waals surface area contributed by atoms with E-state index in [1.54, 1.807) is 25.3 Å². The third kappa shape index (κ3) is 2.33. The van der Waals surface area contributed by atoms with Crippen LogP contribution in [0.3, 0.4) is 0 Å². The minimum absolute atomic E-state index is 0.402. The summed E-state index contributed by atoms with van der Waals surface area (Å²) in [5.74, 6) is 0.129. The lowest BCUT2D eigenvalue weighted by Gasteiger charge is -2.33. The average Bonchev–Trinajstić information content (AvgIpc) is 2.44. The van der Waals surface area contributed by atoms with Crippen LogP contribution in [-0.2, 0) is 16.0 Å². The molecule has 0 saturated heterocycles. The first-order valence-electron chi connectivity index (χ1n) is 5.85. The van der Waals surface area contributed by atoms with Crippen LogP contribution in [0.5, 0.6) is 5.75 Å². The predicted molar refractivity (Wildman–Crippen MR) is 67.6 cm³/mol. The van der Waals surface area contributed by atoms with Crippen molar-refractivity contribution in [2.75, 3.05) is 19.1 Å². The molecule has 0 radical (unpaired) electrons. The van der Waals surface area contributed by atoms with E-state index < -0.39 is 18.1 Å². The number of carbonyl (C=O) groups excluding carboxylic acids is 1. The van der Waals surface area contributed by atoms with Crippen LogP contribution in [0, 0.1) is 0 Å². The van der Waals surface area contributed by atoms with Crippen LogP contribution in [0.1, 0.15) is 12.0 Å². The van der Waals surface area contributed by atoms with Crippen molar-refractivity contribution in [2.24, 2.45) is 0 Å². The Morgan fingerprint density at radius 1 is 1.37 bits per heavy atom. The summed E-state index contributed by atoms with van der Waals surface area (Å²) in [6, 6.07) is 4.33. The topological polar surface area (TPSA) is 76.1 Å². The van der Waals surface area contributed by atoms with Gasteiger partial charge in [0.2, 0.25) is 0 Å². The lowest BCUT2D eigenvalue weighted by Crippen LogP contribution is -2.48. The number of methoxy groups -OCH3 is 2. The highest BCUT2D eigenvalue weighted by Gasteiger charge is 2.36. The molecule has 0 spiro atoms. The molecule has 1 heterocycles. The maximum Gasteiger partial charge on any atom is 0.412 e. The van der Waals surface area contributed by atoms with E-state index >= 15 is 0 Å². The third-order valence-corrected chi connectivity index (χ3v) is 3.22. The van der Waals surface area contributed by atoms with Gasteiger partial charge < -0.3 is 14.6 Å². The van der Waals surface area contributed by atoms with Crippen molar-refractivity contribution in [3.63, 3.8) is 0 Å². The van der Waals surface area contributed by atoms with Crippen molar-refractivity contribution in [2.45, 2.75) is 18.9 Å². The zero-order valence-electron chi connectivity index (χ0n) is 10.8. The number of hydrogen-bond acceptors (Lipinski definition) is 4. The second-order valence-corrected chi connectivity index (χ2v) is 4.22.